The lowest BCUT2D eigenvalue weighted by Gasteiger charge is -2.44. The number of alkyl halides is 3. The van der Waals surface area contributed by atoms with Gasteiger partial charge in [0.25, 0.3) is 0 Å². The number of ether oxygens (including phenoxy) is 2. The predicted molar refractivity (Wildman–Crippen MR) is 370 cm³/mol. The summed E-state index contributed by atoms with van der Waals surface area (Å²) in [6.07, 6.45) is 1.56. The van der Waals surface area contributed by atoms with Gasteiger partial charge in [-0.2, -0.15) is 13.2 Å². The third-order valence-electron chi connectivity index (χ3n) is 22.3. The van der Waals surface area contributed by atoms with Crippen LogP contribution in [0.15, 0.2) is 18.2 Å². The monoisotopic (exact) mass is 1460 g/mol. The van der Waals surface area contributed by atoms with Crippen molar-refractivity contribution in [1.82, 2.24) is 60.5 Å². The lowest BCUT2D eigenvalue weighted by molar-refractivity contribution is -0.159. The Hall–Kier alpha value is -7.14. The first-order chi connectivity index (χ1) is 48.2. The highest BCUT2D eigenvalue weighted by atomic mass is 35.5. The van der Waals surface area contributed by atoms with E-state index in [0.29, 0.717) is 64.2 Å². The Balaban J connectivity index is 1.18. The highest BCUT2D eigenvalue weighted by Gasteiger charge is 2.53. The molecular formula is C72H108ClF3N12O14. The molecule has 7 fully saturated rings. The van der Waals surface area contributed by atoms with Crippen molar-refractivity contribution in [3.05, 3.63) is 34.3 Å². The molecule has 0 aromatic heterocycles. The van der Waals surface area contributed by atoms with Gasteiger partial charge in [-0.3, -0.25) is 57.5 Å². The predicted octanol–water partition coefficient (Wildman–Crippen LogP) is 4.45. The van der Waals surface area contributed by atoms with E-state index in [1.807, 2.05) is 27.7 Å². The summed E-state index contributed by atoms with van der Waals surface area (Å²) in [6, 6.07) is -9.02. The van der Waals surface area contributed by atoms with Gasteiger partial charge in [0.05, 0.1) is 55.5 Å². The molecule has 5 heterocycles. The van der Waals surface area contributed by atoms with Crippen LogP contribution in [0.2, 0.25) is 5.02 Å². The largest absolute Gasteiger partial charge is 0.417 e. The Bertz CT molecular complexity index is 3230. The zero-order valence-electron chi connectivity index (χ0n) is 61.2. The number of nitrogens with one attached hydrogen (secondary N) is 4. The molecule has 2 aliphatic carbocycles. The topological polar surface area (TPSA) is 297 Å². The number of halogens is 4. The first-order valence-electron chi connectivity index (χ1n) is 36.7. The molecule has 12 amide bonds. The Morgan fingerprint density at radius 3 is 1.95 bits per heavy atom. The first kappa shape index (κ1) is 80.5. The quantitative estimate of drug-likeness (QED) is 0.187. The van der Waals surface area contributed by atoms with Crippen LogP contribution in [-0.4, -0.2) is 263 Å². The van der Waals surface area contributed by atoms with E-state index in [1.54, 1.807) is 11.8 Å². The molecule has 2 bridgehead atoms. The maximum absolute atomic E-state index is 15.9. The summed E-state index contributed by atoms with van der Waals surface area (Å²) in [5.74, 6) is -8.97. The standard InChI is InChI=1S/C72H108ClF3N12O14/c1-12-35-101-41-56-66(96)81(7)38-57(89)78-51(28-24-45-23-27-49(50(73)36-45)72(74,75)76)65(95)86-33-18-21-53(86)62(92)80-71(31-16-17-32-71)70(100)85(11)60(46-19-14-15-20-46)69(99)83(9)55(68(98)88-47-25-26-48(88)40-102-39-47)37-58(90)82(8)52(29-22-42(3)4)61(91)79-59(43(5)13-2)63(93)77-44(6)64(94)87-34-30-54(87)67(97)84(56)10/h23,27,36,42-44,46-48,51-56,59-60H,12-22,24-26,28-35,37-41H2,1-11H3,(H,77,93)(H,78,89)(H,79,91)(H,80,92)/t43-,44-,47?,48?,51-,52-,53-,54-,55-,56-,59-,60-/m0/s1. The molecule has 0 radical (unpaired) electrons. The Labute approximate surface area is 602 Å². The second-order valence-electron chi connectivity index (χ2n) is 29.8. The van der Waals surface area contributed by atoms with E-state index in [-0.39, 0.29) is 108 Å². The molecule has 26 nitrogen and oxygen atoms in total. The molecule has 1 aromatic carbocycles. The minimum absolute atomic E-state index is 0.0191. The van der Waals surface area contributed by atoms with Gasteiger partial charge in [-0.05, 0) is 132 Å². The number of nitrogens with zero attached hydrogens (tertiary/aromatic N) is 8. The molecule has 8 rings (SSSR count). The number of morpholine rings is 1. The average molecular weight is 1460 g/mol. The van der Waals surface area contributed by atoms with Gasteiger partial charge >= 0.3 is 6.18 Å². The number of carbonyl (C=O) groups excluding carboxylic acids is 12. The van der Waals surface area contributed by atoms with E-state index in [2.05, 4.69) is 21.3 Å². The Kier molecular flexibility index (Phi) is 27.7. The SMILES string of the molecule is CCCOC[C@H]1C(=O)N(C)CC(=O)N[C@@H](CCc2ccc(C(F)(F)F)c(Cl)c2)C(=O)N2CCC[C@H]2C(=O)NC2(CCCC2)C(=O)N(C)[C@@H](C2CCCC2)C(=O)N(C)[C@H](C(=O)N2C3CCC2COC3)CC(=O)N(C)[C@@H](CCC(C)C)C(=O)N[C@@H]([C@@H](C)CC)C(=O)N[C@@H](C)C(=O)N2CC[C@H]2C(=O)N1C. The van der Waals surface area contributed by atoms with E-state index in [0.717, 1.165) is 34.8 Å². The molecule has 1 aromatic rings. The van der Waals surface area contributed by atoms with E-state index in [4.69, 9.17) is 21.1 Å². The average Bonchev–Trinajstić information content (AvgIpc) is 1.46. The summed E-state index contributed by atoms with van der Waals surface area (Å²) < 4.78 is 53.3. The number of hydrogen-bond donors (Lipinski definition) is 4. The second kappa shape index (κ2) is 35.1. The molecule has 4 N–H and O–H groups in total. The van der Waals surface area contributed by atoms with E-state index in [1.165, 1.54) is 72.7 Å². The van der Waals surface area contributed by atoms with Gasteiger partial charge in [0, 0.05) is 54.9 Å². The number of rotatable bonds is 14. The molecule has 2 saturated carbocycles. The summed E-state index contributed by atoms with van der Waals surface area (Å²) in [5.41, 5.74) is -2.39. The van der Waals surface area contributed by atoms with E-state index < -0.39 is 172 Å². The van der Waals surface area contributed by atoms with Crippen molar-refractivity contribution in [2.24, 2.45) is 17.8 Å². The lowest BCUT2D eigenvalue weighted by Crippen LogP contribution is -2.65. The summed E-state index contributed by atoms with van der Waals surface area (Å²) >= 11 is 6.15. The van der Waals surface area contributed by atoms with Crippen LogP contribution in [0.4, 0.5) is 13.2 Å². The summed E-state index contributed by atoms with van der Waals surface area (Å²) in [5, 5.41) is 10.9. The van der Waals surface area contributed by atoms with Crippen LogP contribution >= 0.6 is 11.6 Å². The van der Waals surface area contributed by atoms with Crippen LogP contribution in [0.3, 0.4) is 0 Å². The van der Waals surface area contributed by atoms with Crippen LogP contribution in [-0.2, 0) is 79.6 Å². The fourth-order valence-electron chi connectivity index (χ4n) is 15.9. The highest BCUT2D eigenvalue weighted by Crippen LogP contribution is 2.39. The third-order valence-corrected chi connectivity index (χ3v) is 22.6. The second-order valence-corrected chi connectivity index (χ2v) is 30.3. The fraction of sp³-hybridized carbons (Fsp3) is 0.750. The number of hydrogen-bond acceptors (Lipinski definition) is 14. The minimum atomic E-state index is -4.77. The Morgan fingerprint density at radius 2 is 1.35 bits per heavy atom. The van der Waals surface area contributed by atoms with Crippen LogP contribution < -0.4 is 21.3 Å². The number of carbonyl (C=O) groups is 12. The lowest BCUT2D eigenvalue weighted by atomic mass is 9.90. The molecular weight excluding hydrogens is 1350 g/mol. The van der Waals surface area contributed by atoms with Crippen molar-refractivity contribution < 1.29 is 80.2 Å². The molecule has 2 unspecified atom stereocenters. The number of likely N-dealkylation sites (N-methyl/N-ethyl adjacent to an activating group) is 5. The molecule has 102 heavy (non-hydrogen) atoms. The van der Waals surface area contributed by atoms with Crippen LogP contribution in [0, 0.1) is 17.8 Å². The summed E-state index contributed by atoms with van der Waals surface area (Å²) in [6.45, 7) is 10.5. The van der Waals surface area contributed by atoms with Crippen molar-refractivity contribution in [1.29, 1.82) is 0 Å². The highest BCUT2D eigenvalue weighted by molar-refractivity contribution is 6.31. The molecule has 7 aliphatic rings. The van der Waals surface area contributed by atoms with Crippen molar-refractivity contribution in [2.75, 3.05) is 81.3 Å². The number of aryl methyl sites for hydroxylation is 1. The normalized spacial score (nSPS) is 29.1. The maximum Gasteiger partial charge on any atom is 0.417 e. The van der Waals surface area contributed by atoms with Gasteiger partial charge in [0.15, 0.2) is 0 Å². The van der Waals surface area contributed by atoms with Crippen LogP contribution in [0.1, 0.15) is 175 Å². The van der Waals surface area contributed by atoms with E-state index >= 15 is 28.8 Å². The van der Waals surface area contributed by atoms with Gasteiger partial charge in [-0.15, -0.1) is 0 Å². The van der Waals surface area contributed by atoms with Gasteiger partial charge in [0.2, 0.25) is 70.9 Å². The molecule has 1 spiro atoms. The zero-order valence-corrected chi connectivity index (χ0v) is 62.0. The van der Waals surface area contributed by atoms with Crippen molar-refractivity contribution in [3.8, 4) is 0 Å². The smallest absolute Gasteiger partial charge is 0.379 e. The fourth-order valence-corrected chi connectivity index (χ4v) is 16.2. The van der Waals surface area contributed by atoms with Gasteiger partial charge < -0.3 is 69.9 Å². The van der Waals surface area contributed by atoms with Crippen molar-refractivity contribution >= 4 is 82.5 Å². The number of amides is 12. The molecule has 30 heteroatoms. The molecule has 12 atom stereocenters. The van der Waals surface area contributed by atoms with Gasteiger partial charge in [0.1, 0.15) is 59.9 Å². The Morgan fingerprint density at radius 1 is 0.696 bits per heavy atom. The molecule has 5 aliphatic heterocycles. The number of benzene rings is 1. The van der Waals surface area contributed by atoms with Gasteiger partial charge in [-0.25, -0.2) is 0 Å². The zero-order chi connectivity index (χ0) is 74.8. The van der Waals surface area contributed by atoms with Crippen molar-refractivity contribution in [2.45, 2.75) is 248 Å². The summed E-state index contributed by atoms with van der Waals surface area (Å²) in [7, 11) is 7.07. The van der Waals surface area contributed by atoms with Gasteiger partial charge in [-0.1, -0.05) is 84.4 Å². The van der Waals surface area contributed by atoms with Crippen molar-refractivity contribution in [3.63, 3.8) is 0 Å². The summed E-state index contributed by atoms with van der Waals surface area (Å²) in [4.78, 5) is 191. The minimum Gasteiger partial charge on any atom is -0.379 e. The first-order valence-corrected chi connectivity index (χ1v) is 37.1. The number of fused-ring (bicyclic) bond motifs is 4. The van der Waals surface area contributed by atoms with Crippen LogP contribution in [0.5, 0.6) is 0 Å². The molecule has 5 saturated heterocycles. The third kappa shape index (κ3) is 18.5. The maximum atomic E-state index is 15.9. The van der Waals surface area contributed by atoms with E-state index in [9.17, 15) is 41.9 Å². The molecule has 568 valence electrons. The van der Waals surface area contributed by atoms with Crippen LogP contribution in [0.25, 0.3) is 0 Å².